The Morgan fingerprint density at radius 1 is 1.55 bits per heavy atom. The van der Waals surface area contributed by atoms with Crippen LogP contribution in [0.1, 0.15) is 32.6 Å². The summed E-state index contributed by atoms with van der Waals surface area (Å²) >= 11 is 0. The van der Waals surface area contributed by atoms with E-state index in [-0.39, 0.29) is 0 Å². The maximum Gasteiger partial charge on any atom is 0.508 e. The second-order valence-electron chi connectivity index (χ2n) is 2.33. The van der Waals surface area contributed by atoms with Crippen LogP contribution in [0.25, 0.3) is 0 Å². The van der Waals surface area contributed by atoms with Gasteiger partial charge in [-0.25, -0.2) is 4.79 Å². The van der Waals surface area contributed by atoms with Gasteiger partial charge in [0, 0.05) is 6.42 Å². The van der Waals surface area contributed by atoms with E-state index in [0.717, 1.165) is 19.3 Å². The molecule has 0 aromatic carbocycles. The zero-order chi connectivity index (χ0) is 8.69. The van der Waals surface area contributed by atoms with Gasteiger partial charge in [0.2, 0.25) is 6.29 Å². The summed E-state index contributed by atoms with van der Waals surface area (Å²) in [5.41, 5.74) is 0. The predicted octanol–water partition coefficient (Wildman–Crippen LogP) is 1.58. The topological polar surface area (TPSA) is 66.8 Å². The number of unbranched alkanes of at least 4 members (excludes halogenated alkanes) is 2. The summed E-state index contributed by atoms with van der Waals surface area (Å²) in [5, 5.41) is 16.9. The number of aliphatic hydroxyl groups excluding tert-OH is 1. The Bertz CT molecular complexity index is 113. The summed E-state index contributed by atoms with van der Waals surface area (Å²) in [5.74, 6) is 0. The number of hydrogen-bond acceptors (Lipinski definition) is 3. The van der Waals surface area contributed by atoms with Crippen LogP contribution < -0.4 is 0 Å². The maximum atomic E-state index is 9.86. The second-order valence-corrected chi connectivity index (χ2v) is 2.33. The molecule has 4 nitrogen and oxygen atoms in total. The van der Waals surface area contributed by atoms with Crippen molar-refractivity contribution in [2.75, 3.05) is 0 Å². The Morgan fingerprint density at radius 3 is 2.64 bits per heavy atom. The van der Waals surface area contributed by atoms with Crippen LogP contribution in [0, 0.1) is 0 Å². The minimum absolute atomic E-state index is 0.389. The molecule has 2 N–H and O–H groups in total. The molecule has 0 aromatic rings. The molecule has 0 aliphatic heterocycles. The molecule has 0 radical (unpaired) electrons. The highest BCUT2D eigenvalue weighted by Gasteiger charge is 2.07. The third-order valence-corrected chi connectivity index (χ3v) is 1.29. The molecule has 0 amide bonds. The molecule has 0 saturated heterocycles. The quantitative estimate of drug-likeness (QED) is 0.366. The summed E-state index contributed by atoms with van der Waals surface area (Å²) in [4.78, 5) is 9.86. The van der Waals surface area contributed by atoms with Gasteiger partial charge in [0.05, 0.1) is 0 Å². The fraction of sp³-hybridized carbons (Fsp3) is 0.857. The zero-order valence-electron chi connectivity index (χ0n) is 6.62. The molecule has 0 aromatic heterocycles. The molecule has 4 heteroatoms. The number of carbonyl (C=O) groups is 1. The van der Waals surface area contributed by atoms with E-state index >= 15 is 0 Å². The lowest BCUT2D eigenvalue weighted by molar-refractivity contribution is -0.0753. The molecule has 0 spiro atoms. The van der Waals surface area contributed by atoms with Crippen LogP contribution in [0.3, 0.4) is 0 Å². The molecular formula is C7H14O4. The van der Waals surface area contributed by atoms with Crippen molar-refractivity contribution in [3.05, 3.63) is 0 Å². The van der Waals surface area contributed by atoms with Gasteiger partial charge in [-0.3, -0.25) is 0 Å². The highest BCUT2D eigenvalue weighted by molar-refractivity contribution is 5.56. The van der Waals surface area contributed by atoms with Crippen LogP contribution >= 0.6 is 0 Å². The fourth-order valence-electron chi connectivity index (χ4n) is 0.744. The van der Waals surface area contributed by atoms with Gasteiger partial charge in [-0.1, -0.05) is 19.8 Å². The van der Waals surface area contributed by atoms with Gasteiger partial charge >= 0.3 is 6.16 Å². The maximum absolute atomic E-state index is 9.86. The smallest absolute Gasteiger partial charge is 0.450 e. The van der Waals surface area contributed by atoms with Crippen molar-refractivity contribution in [3.63, 3.8) is 0 Å². The first-order chi connectivity index (χ1) is 5.16. The normalized spacial score (nSPS) is 12.5. The third-order valence-electron chi connectivity index (χ3n) is 1.29. The molecule has 0 fully saturated rings. The van der Waals surface area contributed by atoms with Crippen LogP contribution in [0.5, 0.6) is 0 Å². The van der Waals surface area contributed by atoms with Gasteiger partial charge in [-0.2, -0.15) is 0 Å². The van der Waals surface area contributed by atoms with Crippen molar-refractivity contribution in [1.29, 1.82) is 0 Å². The average Bonchev–Trinajstić information content (AvgIpc) is 1.86. The molecule has 0 rings (SSSR count). The van der Waals surface area contributed by atoms with Crippen LogP contribution in [0.15, 0.2) is 0 Å². The van der Waals surface area contributed by atoms with E-state index in [2.05, 4.69) is 4.74 Å². The van der Waals surface area contributed by atoms with Crippen LogP contribution in [0.2, 0.25) is 0 Å². The number of aliphatic hydroxyl groups is 1. The number of rotatable bonds is 5. The molecule has 0 bridgehead atoms. The third kappa shape index (κ3) is 7.12. The lowest BCUT2D eigenvalue weighted by atomic mass is 10.2. The summed E-state index contributed by atoms with van der Waals surface area (Å²) in [6, 6.07) is 0. The minimum Gasteiger partial charge on any atom is -0.450 e. The molecule has 1 atom stereocenters. The van der Waals surface area contributed by atoms with E-state index in [4.69, 9.17) is 10.2 Å². The lowest BCUT2D eigenvalue weighted by Crippen LogP contribution is -2.15. The van der Waals surface area contributed by atoms with Gasteiger partial charge < -0.3 is 14.9 Å². The lowest BCUT2D eigenvalue weighted by Gasteiger charge is -2.07. The number of ether oxygens (including phenoxy) is 1. The second kappa shape index (κ2) is 5.97. The Labute approximate surface area is 65.8 Å². The predicted molar refractivity (Wildman–Crippen MR) is 39.3 cm³/mol. The molecule has 66 valence electrons. The van der Waals surface area contributed by atoms with Crippen molar-refractivity contribution in [3.8, 4) is 0 Å². The van der Waals surface area contributed by atoms with Gasteiger partial charge in [-0.15, -0.1) is 0 Å². The van der Waals surface area contributed by atoms with Gasteiger partial charge in [-0.05, 0) is 6.42 Å². The molecule has 0 heterocycles. The van der Waals surface area contributed by atoms with Crippen molar-refractivity contribution in [1.82, 2.24) is 0 Å². The first-order valence-corrected chi connectivity index (χ1v) is 3.74. The number of hydrogen-bond donors (Lipinski definition) is 2. The van der Waals surface area contributed by atoms with Crippen molar-refractivity contribution >= 4 is 6.16 Å². The Kier molecular flexibility index (Phi) is 5.56. The van der Waals surface area contributed by atoms with Crippen molar-refractivity contribution < 1.29 is 19.7 Å². The minimum atomic E-state index is -1.42. The van der Waals surface area contributed by atoms with E-state index in [1.54, 1.807) is 0 Å². The molecule has 0 aliphatic rings. The van der Waals surface area contributed by atoms with Crippen LogP contribution in [0.4, 0.5) is 4.79 Å². The summed E-state index contributed by atoms with van der Waals surface area (Å²) in [7, 11) is 0. The summed E-state index contributed by atoms with van der Waals surface area (Å²) in [6.45, 7) is 2.03. The zero-order valence-corrected chi connectivity index (χ0v) is 6.62. The Hall–Kier alpha value is -0.770. The summed E-state index contributed by atoms with van der Waals surface area (Å²) < 4.78 is 4.07. The average molecular weight is 162 g/mol. The SMILES string of the molecule is CCCCCC(O)OC(=O)O. The first-order valence-electron chi connectivity index (χ1n) is 3.74. The Balaban J connectivity index is 3.22. The van der Waals surface area contributed by atoms with E-state index in [0.29, 0.717) is 6.42 Å². The molecular weight excluding hydrogens is 148 g/mol. The van der Waals surface area contributed by atoms with E-state index in [1.807, 2.05) is 6.92 Å². The van der Waals surface area contributed by atoms with Gasteiger partial charge in [0.25, 0.3) is 0 Å². The largest absolute Gasteiger partial charge is 0.508 e. The van der Waals surface area contributed by atoms with Crippen LogP contribution in [-0.4, -0.2) is 22.7 Å². The van der Waals surface area contributed by atoms with Gasteiger partial charge in [0.15, 0.2) is 0 Å². The van der Waals surface area contributed by atoms with Crippen molar-refractivity contribution in [2.24, 2.45) is 0 Å². The van der Waals surface area contributed by atoms with E-state index in [9.17, 15) is 4.79 Å². The standard InChI is InChI=1S/C7H14O4/c1-2-3-4-5-6(8)11-7(9)10/h6,8H,2-5H2,1H3,(H,9,10). The highest BCUT2D eigenvalue weighted by atomic mass is 16.7. The number of carboxylic acid groups (broad SMARTS) is 1. The Morgan fingerprint density at radius 2 is 2.18 bits per heavy atom. The summed E-state index contributed by atoms with van der Waals surface area (Å²) in [6.07, 6.45) is 0.637. The fourth-order valence-corrected chi connectivity index (χ4v) is 0.744. The monoisotopic (exact) mass is 162 g/mol. The molecule has 1 unspecified atom stereocenters. The van der Waals surface area contributed by atoms with Gasteiger partial charge in [0.1, 0.15) is 0 Å². The molecule has 11 heavy (non-hydrogen) atoms. The first kappa shape index (κ1) is 10.2. The highest BCUT2D eigenvalue weighted by Crippen LogP contribution is 2.03. The van der Waals surface area contributed by atoms with E-state index in [1.165, 1.54) is 0 Å². The molecule has 0 aliphatic carbocycles. The van der Waals surface area contributed by atoms with Crippen LogP contribution in [-0.2, 0) is 4.74 Å². The van der Waals surface area contributed by atoms with E-state index < -0.39 is 12.4 Å². The van der Waals surface area contributed by atoms with Crippen molar-refractivity contribution in [2.45, 2.75) is 38.9 Å². The molecule has 0 saturated carbocycles.